The Labute approximate surface area is 151 Å². The number of carbonyl (C=O) groups is 1. The molecule has 0 aliphatic rings. The first kappa shape index (κ1) is 17.7. The second kappa shape index (κ2) is 7.82. The van der Waals surface area contributed by atoms with Gasteiger partial charge in [-0.2, -0.15) is 0 Å². The summed E-state index contributed by atoms with van der Waals surface area (Å²) in [5.41, 5.74) is 2.27. The Hall–Kier alpha value is -3.15. The van der Waals surface area contributed by atoms with Crippen LogP contribution in [0.4, 0.5) is 0 Å². The van der Waals surface area contributed by atoms with Gasteiger partial charge < -0.3 is 23.4 Å². The molecule has 1 heterocycles. The highest BCUT2D eigenvalue weighted by Gasteiger charge is 2.13. The molecule has 6 nitrogen and oxygen atoms in total. The molecule has 0 atom stereocenters. The number of benzene rings is 2. The largest absolute Gasteiger partial charge is 0.497 e. The number of esters is 1. The van der Waals surface area contributed by atoms with E-state index in [4.69, 9.17) is 23.4 Å². The topological polar surface area (TPSA) is 67.1 Å². The lowest BCUT2D eigenvalue weighted by atomic mass is 10.1. The second-order valence-electron chi connectivity index (χ2n) is 5.65. The molecule has 0 aliphatic heterocycles. The molecule has 0 aliphatic carbocycles. The van der Waals surface area contributed by atoms with Crippen LogP contribution < -0.4 is 14.2 Å². The molecule has 6 heteroatoms. The maximum Gasteiger partial charge on any atom is 0.310 e. The van der Waals surface area contributed by atoms with Crippen molar-refractivity contribution in [2.75, 3.05) is 21.3 Å². The first-order valence-electron chi connectivity index (χ1n) is 8.05. The number of furan rings is 1. The van der Waals surface area contributed by atoms with Crippen molar-refractivity contribution >= 4 is 16.9 Å². The standard InChI is InChI=1S/C20H20O6/c1-22-15-5-6-16-14(12-25-18(16)10-15)9-20(21)26-11-13-4-7-17(23-2)19(8-13)24-3/h4-8,10,12H,9,11H2,1-3H3. The fourth-order valence-electron chi connectivity index (χ4n) is 2.67. The molecular formula is C20H20O6. The Morgan fingerprint density at radius 2 is 1.77 bits per heavy atom. The van der Waals surface area contributed by atoms with Crippen molar-refractivity contribution in [2.24, 2.45) is 0 Å². The molecule has 3 aromatic rings. The summed E-state index contributed by atoms with van der Waals surface area (Å²) in [7, 11) is 4.73. The molecule has 0 fully saturated rings. The van der Waals surface area contributed by atoms with Gasteiger partial charge in [0.15, 0.2) is 11.5 Å². The Morgan fingerprint density at radius 1 is 0.962 bits per heavy atom. The normalized spacial score (nSPS) is 10.6. The first-order chi connectivity index (χ1) is 12.6. The minimum atomic E-state index is -0.335. The lowest BCUT2D eigenvalue weighted by Gasteiger charge is -2.10. The number of carbonyl (C=O) groups excluding carboxylic acids is 1. The molecule has 26 heavy (non-hydrogen) atoms. The van der Waals surface area contributed by atoms with Gasteiger partial charge in [0.1, 0.15) is 17.9 Å². The zero-order valence-electron chi connectivity index (χ0n) is 14.9. The number of hydrogen-bond donors (Lipinski definition) is 0. The third-order valence-electron chi connectivity index (χ3n) is 4.05. The van der Waals surface area contributed by atoms with Gasteiger partial charge >= 0.3 is 5.97 Å². The van der Waals surface area contributed by atoms with E-state index >= 15 is 0 Å². The molecule has 3 rings (SSSR count). The van der Waals surface area contributed by atoms with Crippen molar-refractivity contribution in [1.29, 1.82) is 0 Å². The van der Waals surface area contributed by atoms with E-state index in [1.54, 1.807) is 45.8 Å². The fourth-order valence-corrected chi connectivity index (χ4v) is 2.67. The molecule has 0 N–H and O–H groups in total. The van der Waals surface area contributed by atoms with E-state index in [2.05, 4.69) is 0 Å². The van der Waals surface area contributed by atoms with Crippen LogP contribution in [-0.2, 0) is 22.6 Å². The van der Waals surface area contributed by atoms with Gasteiger partial charge in [0.2, 0.25) is 0 Å². The van der Waals surface area contributed by atoms with Crippen molar-refractivity contribution < 1.29 is 28.2 Å². The van der Waals surface area contributed by atoms with E-state index in [0.29, 0.717) is 22.8 Å². The van der Waals surface area contributed by atoms with E-state index in [1.165, 1.54) is 0 Å². The first-order valence-corrected chi connectivity index (χ1v) is 8.05. The summed E-state index contributed by atoms with van der Waals surface area (Å²) in [5, 5.41) is 0.869. The zero-order valence-corrected chi connectivity index (χ0v) is 14.9. The molecule has 2 aromatic carbocycles. The lowest BCUT2D eigenvalue weighted by Crippen LogP contribution is -2.08. The van der Waals surface area contributed by atoms with E-state index in [9.17, 15) is 4.79 Å². The summed E-state index contributed by atoms with van der Waals surface area (Å²) in [5.74, 6) is 1.59. The van der Waals surface area contributed by atoms with Gasteiger partial charge in [-0.05, 0) is 29.8 Å². The van der Waals surface area contributed by atoms with Crippen LogP contribution in [0, 0.1) is 0 Å². The zero-order chi connectivity index (χ0) is 18.5. The molecule has 136 valence electrons. The van der Waals surface area contributed by atoms with Gasteiger partial charge in [0.25, 0.3) is 0 Å². The molecule has 0 saturated heterocycles. The summed E-state index contributed by atoms with van der Waals surface area (Å²) in [4.78, 5) is 12.2. The molecular weight excluding hydrogens is 336 g/mol. The Bertz CT molecular complexity index is 912. The van der Waals surface area contributed by atoms with Crippen LogP contribution in [0.2, 0.25) is 0 Å². The van der Waals surface area contributed by atoms with Crippen molar-refractivity contribution in [3.05, 3.63) is 53.8 Å². The number of methoxy groups -OCH3 is 3. The third-order valence-corrected chi connectivity index (χ3v) is 4.05. The van der Waals surface area contributed by atoms with Crippen LogP contribution in [-0.4, -0.2) is 27.3 Å². The average Bonchev–Trinajstić information content (AvgIpc) is 3.07. The van der Waals surface area contributed by atoms with Gasteiger partial charge in [0.05, 0.1) is 34.0 Å². The Morgan fingerprint density at radius 3 is 2.50 bits per heavy atom. The summed E-state index contributed by atoms with van der Waals surface area (Å²) >= 11 is 0. The number of ether oxygens (including phenoxy) is 4. The Balaban J connectivity index is 1.64. The molecule has 0 unspecified atom stereocenters. The smallest absolute Gasteiger partial charge is 0.310 e. The minimum absolute atomic E-state index is 0.132. The molecule has 0 saturated carbocycles. The Kier molecular flexibility index (Phi) is 5.31. The highest BCUT2D eigenvalue weighted by atomic mass is 16.5. The summed E-state index contributed by atoms with van der Waals surface area (Å²) in [6.07, 6.45) is 1.70. The number of fused-ring (bicyclic) bond motifs is 1. The SMILES string of the molecule is COc1ccc2c(CC(=O)OCc3ccc(OC)c(OC)c3)coc2c1. The summed E-state index contributed by atoms with van der Waals surface area (Å²) in [6, 6.07) is 10.9. The summed E-state index contributed by atoms with van der Waals surface area (Å²) < 4.78 is 26.5. The van der Waals surface area contributed by atoms with Gasteiger partial charge in [-0.25, -0.2) is 0 Å². The molecule has 0 bridgehead atoms. The maximum atomic E-state index is 12.2. The average molecular weight is 356 g/mol. The maximum absolute atomic E-state index is 12.2. The van der Waals surface area contributed by atoms with Gasteiger partial charge in [-0.3, -0.25) is 4.79 Å². The van der Waals surface area contributed by atoms with Crippen molar-refractivity contribution in [3.8, 4) is 17.2 Å². The fraction of sp³-hybridized carbons (Fsp3) is 0.250. The monoisotopic (exact) mass is 356 g/mol. The number of hydrogen-bond acceptors (Lipinski definition) is 6. The highest BCUT2D eigenvalue weighted by Crippen LogP contribution is 2.28. The quantitative estimate of drug-likeness (QED) is 0.601. The van der Waals surface area contributed by atoms with Crippen LogP contribution >= 0.6 is 0 Å². The molecule has 1 aromatic heterocycles. The van der Waals surface area contributed by atoms with Crippen LogP contribution in [0.1, 0.15) is 11.1 Å². The van der Waals surface area contributed by atoms with E-state index < -0.39 is 0 Å². The summed E-state index contributed by atoms with van der Waals surface area (Å²) in [6.45, 7) is 0.156. The van der Waals surface area contributed by atoms with Crippen LogP contribution in [0.5, 0.6) is 17.2 Å². The van der Waals surface area contributed by atoms with E-state index in [-0.39, 0.29) is 19.0 Å². The van der Waals surface area contributed by atoms with Crippen LogP contribution in [0.3, 0.4) is 0 Å². The van der Waals surface area contributed by atoms with Gasteiger partial charge in [0, 0.05) is 17.0 Å². The predicted molar refractivity (Wildman–Crippen MR) is 95.8 cm³/mol. The van der Waals surface area contributed by atoms with Crippen LogP contribution in [0.25, 0.3) is 11.0 Å². The van der Waals surface area contributed by atoms with Gasteiger partial charge in [-0.1, -0.05) is 6.07 Å². The minimum Gasteiger partial charge on any atom is -0.497 e. The lowest BCUT2D eigenvalue weighted by molar-refractivity contribution is -0.144. The predicted octanol–water partition coefficient (Wildman–Crippen LogP) is 3.74. The third kappa shape index (κ3) is 3.74. The highest BCUT2D eigenvalue weighted by molar-refractivity contribution is 5.86. The van der Waals surface area contributed by atoms with Gasteiger partial charge in [-0.15, -0.1) is 0 Å². The second-order valence-corrected chi connectivity index (χ2v) is 5.65. The van der Waals surface area contributed by atoms with Crippen molar-refractivity contribution in [2.45, 2.75) is 13.0 Å². The molecule has 0 spiro atoms. The van der Waals surface area contributed by atoms with E-state index in [0.717, 1.165) is 16.5 Å². The van der Waals surface area contributed by atoms with E-state index in [1.807, 2.05) is 18.2 Å². The molecule has 0 radical (unpaired) electrons. The van der Waals surface area contributed by atoms with Crippen LogP contribution in [0.15, 0.2) is 47.1 Å². The molecule has 0 amide bonds. The van der Waals surface area contributed by atoms with Crippen molar-refractivity contribution in [1.82, 2.24) is 0 Å². The van der Waals surface area contributed by atoms with Crippen molar-refractivity contribution in [3.63, 3.8) is 0 Å². The number of rotatable bonds is 7.